The first-order valence-corrected chi connectivity index (χ1v) is 7.08. The zero-order valence-electron chi connectivity index (χ0n) is 12.0. The van der Waals surface area contributed by atoms with E-state index in [0.29, 0.717) is 5.56 Å². The second kappa shape index (κ2) is 6.22. The molecular weight excluding hydrogens is 274 g/mol. The van der Waals surface area contributed by atoms with E-state index in [9.17, 15) is 9.59 Å². The molecule has 0 spiro atoms. The molecule has 22 heavy (non-hydrogen) atoms. The van der Waals surface area contributed by atoms with Gasteiger partial charge in [-0.05, 0) is 17.2 Å². The Labute approximate surface area is 128 Å². The molecule has 0 atom stereocenters. The molecule has 0 bridgehead atoms. The Kier molecular flexibility index (Phi) is 3.97. The van der Waals surface area contributed by atoms with Gasteiger partial charge in [-0.2, -0.15) is 0 Å². The van der Waals surface area contributed by atoms with Crippen molar-refractivity contribution in [3.05, 3.63) is 94.9 Å². The van der Waals surface area contributed by atoms with Crippen LogP contribution in [-0.2, 0) is 6.54 Å². The standard InChI is InChI=1S/C19H15NO2/c21-18(14-20-13-5-4-8-19(20)22)17-11-9-16(10-12-17)15-6-2-1-3-7-15/h1-13H,14H2. The molecule has 0 unspecified atom stereocenters. The molecule has 3 nitrogen and oxygen atoms in total. The van der Waals surface area contributed by atoms with Gasteiger partial charge in [-0.25, -0.2) is 0 Å². The number of Topliss-reactive ketones (excluding diaryl/α,β-unsaturated/α-hetero) is 1. The van der Waals surface area contributed by atoms with Crippen LogP contribution in [0.25, 0.3) is 11.1 Å². The highest BCUT2D eigenvalue weighted by molar-refractivity contribution is 5.96. The van der Waals surface area contributed by atoms with Gasteiger partial charge in [0.15, 0.2) is 5.78 Å². The Morgan fingerprint density at radius 3 is 2.09 bits per heavy atom. The molecule has 0 fully saturated rings. The number of carbonyl (C=O) groups is 1. The summed E-state index contributed by atoms with van der Waals surface area (Å²) in [4.78, 5) is 23.9. The van der Waals surface area contributed by atoms with E-state index in [4.69, 9.17) is 0 Å². The van der Waals surface area contributed by atoms with E-state index in [-0.39, 0.29) is 17.9 Å². The molecule has 1 heterocycles. The van der Waals surface area contributed by atoms with Crippen molar-refractivity contribution < 1.29 is 4.79 Å². The van der Waals surface area contributed by atoms with E-state index in [1.54, 1.807) is 30.5 Å². The van der Waals surface area contributed by atoms with E-state index < -0.39 is 0 Å². The molecule has 3 heteroatoms. The fourth-order valence-electron chi connectivity index (χ4n) is 2.32. The highest BCUT2D eigenvalue weighted by atomic mass is 16.1. The predicted molar refractivity (Wildman–Crippen MR) is 86.9 cm³/mol. The third-order valence-corrected chi connectivity index (χ3v) is 3.53. The molecule has 2 aromatic carbocycles. The fraction of sp³-hybridized carbons (Fsp3) is 0.0526. The van der Waals surface area contributed by atoms with Gasteiger partial charge in [0.1, 0.15) is 0 Å². The summed E-state index contributed by atoms with van der Waals surface area (Å²) in [5, 5.41) is 0. The number of carbonyl (C=O) groups excluding carboxylic acids is 1. The van der Waals surface area contributed by atoms with Gasteiger partial charge in [0.05, 0.1) is 6.54 Å². The van der Waals surface area contributed by atoms with Crippen molar-refractivity contribution in [2.24, 2.45) is 0 Å². The molecule has 0 aliphatic heterocycles. The summed E-state index contributed by atoms with van der Waals surface area (Å²) in [6, 6.07) is 22.3. The molecule has 0 aliphatic rings. The Bertz CT molecular complexity index is 833. The molecule has 0 amide bonds. The summed E-state index contributed by atoms with van der Waals surface area (Å²) in [5.74, 6) is -0.0760. The monoisotopic (exact) mass is 289 g/mol. The highest BCUT2D eigenvalue weighted by Gasteiger charge is 2.07. The normalized spacial score (nSPS) is 10.4. The smallest absolute Gasteiger partial charge is 0.250 e. The maximum atomic E-state index is 12.3. The lowest BCUT2D eigenvalue weighted by Gasteiger charge is -2.06. The average Bonchev–Trinajstić information content (AvgIpc) is 2.58. The minimum Gasteiger partial charge on any atom is -0.308 e. The number of rotatable bonds is 4. The second-order valence-electron chi connectivity index (χ2n) is 5.03. The summed E-state index contributed by atoms with van der Waals surface area (Å²) >= 11 is 0. The minimum absolute atomic E-state index is 0.0599. The molecule has 0 N–H and O–H groups in total. The van der Waals surface area contributed by atoms with Crippen LogP contribution in [0.4, 0.5) is 0 Å². The molecule has 0 saturated carbocycles. The van der Waals surface area contributed by atoms with Crippen molar-refractivity contribution in [2.45, 2.75) is 6.54 Å². The Morgan fingerprint density at radius 2 is 1.41 bits per heavy atom. The number of benzene rings is 2. The molecule has 108 valence electrons. The van der Waals surface area contributed by atoms with Crippen LogP contribution >= 0.6 is 0 Å². The largest absolute Gasteiger partial charge is 0.308 e. The Balaban J connectivity index is 1.80. The fourth-order valence-corrected chi connectivity index (χ4v) is 2.32. The van der Waals surface area contributed by atoms with Gasteiger partial charge in [-0.15, -0.1) is 0 Å². The van der Waals surface area contributed by atoms with Crippen LogP contribution in [0.2, 0.25) is 0 Å². The molecule has 1 aromatic heterocycles. The summed E-state index contributed by atoms with van der Waals surface area (Å²) in [6.07, 6.45) is 1.62. The van der Waals surface area contributed by atoms with Gasteiger partial charge in [-0.1, -0.05) is 60.7 Å². The highest BCUT2D eigenvalue weighted by Crippen LogP contribution is 2.19. The summed E-state index contributed by atoms with van der Waals surface area (Å²) in [6.45, 7) is 0.0599. The Morgan fingerprint density at radius 1 is 0.773 bits per heavy atom. The zero-order valence-corrected chi connectivity index (χ0v) is 12.0. The third-order valence-electron chi connectivity index (χ3n) is 3.53. The SMILES string of the molecule is O=C(Cn1ccccc1=O)c1ccc(-c2ccccc2)cc1. The first kappa shape index (κ1) is 14.0. The van der Waals surface area contributed by atoms with Crippen molar-refractivity contribution in [1.82, 2.24) is 4.57 Å². The van der Waals surface area contributed by atoms with E-state index in [1.165, 1.54) is 10.6 Å². The lowest BCUT2D eigenvalue weighted by Crippen LogP contribution is -2.22. The number of aromatic nitrogens is 1. The molecule has 0 saturated heterocycles. The van der Waals surface area contributed by atoms with Gasteiger partial charge in [0, 0.05) is 17.8 Å². The topological polar surface area (TPSA) is 39.1 Å². The quantitative estimate of drug-likeness (QED) is 0.691. The van der Waals surface area contributed by atoms with Crippen molar-refractivity contribution in [3.8, 4) is 11.1 Å². The number of pyridine rings is 1. The van der Waals surface area contributed by atoms with Gasteiger partial charge in [0.25, 0.3) is 5.56 Å². The van der Waals surface area contributed by atoms with Gasteiger partial charge in [-0.3, -0.25) is 9.59 Å². The van der Waals surface area contributed by atoms with Crippen LogP contribution in [0.15, 0.2) is 83.8 Å². The van der Waals surface area contributed by atoms with Crippen LogP contribution in [0.1, 0.15) is 10.4 Å². The molecule has 3 aromatic rings. The number of hydrogen-bond donors (Lipinski definition) is 0. The van der Waals surface area contributed by atoms with Crippen LogP contribution in [0, 0.1) is 0 Å². The summed E-state index contributed by atoms with van der Waals surface area (Å²) < 4.78 is 1.41. The summed E-state index contributed by atoms with van der Waals surface area (Å²) in [5.41, 5.74) is 2.61. The van der Waals surface area contributed by atoms with Gasteiger partial charge in [0.2, 0.25) is 0 Å². The second-order valence-corrected chi connectivity index (χ2v) is 5.03. The number of hydrogen-bond acceptors (Lipinski definition) is 2. The molecule has 3 rings (SSSR count). The van der Waals surface area contributed by atoms with E-state index >= 15 is 0 Å². The van der Waals surface area contributed by atoms with Crippen LogP contribution in [0.5, 0.6) is 0 Å². The van der Waals surface area contributed by atoms with E-state index in [2.05, 4.69) is 0 Å². The minimum atomic E-state index is -0.170. The van der Waals surface area contributed by atoms with E-state index in [0.717, 1.165) is 11.1 Å². The number of nitrogens with zero attached hydrogens (tertiary/aromatic N) is 1. The lowest BCUT2D eigenvalue weighted by molar-refractivity contribution is 0.0971. The Hall–Kier alpha value is -2.94. The predicted octanol–water partition coefficient (Wildman–Crippen LogP) is 3.40. The van der Waals surface area contributed by atoms with Crippen LogP contribution in [0.3, 0.4) is 0 Å². The molecule has 0 radical (unpaired) electrons. The lowest BCUT2D eigenvalue weighted by atomic mass is 10.0. The first-order chi connectivity index (χ1) is 10.7. The third kappa shape index (κ3) is 3.04. The number of ketones is 1. The molecule has 0 aliphatic carbocycles. The first-order valence-electron chi connectivity index (χ1n) is 7.08. The van der Waals surface area contributed by atoms with Gasteiger partial charge >= 0.3 is 0 Å². The molecular formula is C19H15NO2. The summed E-state index contributed by atoms with van der Waals surface area (Å²) in [7, 11) is 0. The van der Waals surface area contributed by atoms with Crippen molar-refractivity contribution in [1.29, 1.82) is 0 Å². The maximum absolute atomic E-state index is 12.3. The maximum Gasteiger partial charge on any atom is 0.250 e. The van der Waals surface area contributed by atoms with Crippen LogP contribution in [-0.4, -0.2) is 10.4 Å². The zero-order chi connectivity index (χ0) is 15.4. The average molecular weight is 289 g/mol. The van der Waals surface area contributed by atoms with Crippen LogP contribution < -0.4 is 5.56 Å². The van der Waals surface area contributed by atoms with Crippen molar-refractivity contribution in [3.63, 3.8) is 0 Å². The van der Waals surface area contributed by atoms with Gasteiger partial charge < -0.3 is 4.57 Å². The van der Waals surface area contributed by atoms with Crippen molar-refractivity contribution >= 4 is 5.78 Å². The van der Waals surface area contributed by atoms with E-state index in [1.807, 2.05) is 42.5 Å². The van der Waals surface area contributed by atoms with Crippen molar-refractivity contribution in [2.75, 3.05) is 0 Å².